The van der Waals surface area contributed by atoms with Gasteiger partial charge in [-0.1, -0.05) is 12.1 Å². The van der Waals surface area contributed by atoms with Crippen LogP contribution in [-0.2, 0) is 0 Å². The normalized spacial score (nSPS) is 22.3. The minimum Gasteiger partial charge on any atom is -0.382 e. The molecule has 3 N–H and O–H groups in total. The predicted molar refractivity (Wildman–Crippen MR) is 87.6 cm³/mol. The van der Waals surface area contributed by atoms with Gasteiger partial charge in [0.2, 0.25) is 0 Å². The molecular formula is C16H22ClN3. The second-order valence-corrected chi connectivity index (χ2v) is 5.62. The van der Waals surface area contributed by atoms with Gasteiger partial charge in [0.25, 0.3) is 0 Å². The number of aromatic nitrogens is 1. The molecule has 1 heterocycles. The molecule has 1 aliphatic rings. The Morgan fingerprint density at radius 3 is 2.65 bits per heavy atom. The van der Waals surface area contributed by atoms with E-state index in [4.69, 9.17) is 5.73 Å². The van der Waals surface area contributed by atoms with Crippen LogP contribution in [-0.4, -0.2) is 17.1 Å². The molecule has 0 bridgehead atoms. The molecule has 0 amide bonds. The van der Waals surface area contributed by atoms with E-state index in [-0.39, 0.29) is 12.4 Å². The molecule has 0 unspecified atom stereocenters. The first-order valence-corrected chi connectivity index (χ1v) is 7.09. The summed E-state index contributed by atoms with van der Waals surface area (Å²) in [5, 5.41) is 6.21. The maximum Gasteiger partial charge on any atom is 0.0425 e. The second-order valence-electron chi connectivity index (χ2n) is 5.62. The van der Waals surface area contributed by atoms with Gasteiger partial charge in [0.05, 0.1) is 0 Å². The SMILES string of the molecule is Cc1cncc2cccc(N[C@H]3CC[C@H](N)CC3)c12.Cl. The average molecular weight is 292 g/mol. The fraction of sp³-hybridized carbons (Fsp3) is 0.438. The summed E-state index contributed by atoms with van der Waals surface area (Å²) in [5.41, 5.74) is 8.43. The number of aryl methyl sites for hydroxylation is 1. The summed E-state index contributed by atoms with van der Waals surface area (Å²) < 4.78 is 0. The van der Waals surface area contributed by atoms with Crippen molar-refractivity contribution in [1.29, 1.82) is 0 Å². The number of halogens is 1. The lowest BCUT2D eigenvalue weighted by Crippen LogP contribution is -2.32. The average Bonchev–Trinajstić information content (AvgIpc) is 2.42. The highest BCUT2D eigenvalue weighted by Gasteiger charge is 2.18. The number of nitrogens with one attached hydrogen (secondary N) is 1. The summed E-state index contributed by atoms with van der Waals surface area (Å²) in [5.74, 6) is 0. The Labute approximate surface area is 126 Å². The van der Waals surface area contributed by atoms with Crippen LogP contribution in [0.3, 0.4) is 0 Å². The van der Waals surface area contributed by atoms with Crippen molar-refractivity contribution in [3.63, 3.8) is 0 Å². The number of pyridine rings is 1. The van der Waals surface area contributed by atoms with Gasteiger partial charge in [-0.15, -0.1) is 12.4 Å². The molecule has 2 aromatic rings. The van der Waals surface area contributed by atoms with Gasteiger partial charge < -0.3 is 11.1 Å². The van der Waals surface area contributed by atoms with Gasteiger partial charge in [0.1, 0.15) is 0 Å². The number of rotatable bonds is 2. The molecule has 0 radical (unpaired) electrons. The third-order valence-corrected chi connectivity index (χ3v) is 4.10. The minimum atomic E-state index is 0. The van der Waals surface area contributed by atoms with Crippen LogP contribution in [0.1, 0.15) is 31.2 Å². The zero-order valence-electron chi connectivity index (χ0n) is 11.8. The van der Waals surface area contributed by atoms with Crippen molar-refractivity contribution >= 4 is 28.9 Å². The van der Waals surface area contributed by atoms with E-state index in [1.165, 1.54) is 34.9 Å². The first kappa shape index (κ1) is 15.1. The third-order valence-electron chi connectivity index (χ3n) is 4.10. The fourth-order valence-corrected chi connectivity index (χ4v) is 3.02. The van der Waals surface area contributed by atoms with Crippen molar-refractivity contribution in [2.45, 2.75) is 44.7 Å². The Kier molecular flexibility index (Phi) is 4.84. The molecule has 0 spiro atoms. The zero-order chi connectivity index (χ0) is 13.2. The Balaban J connectivity index is 0.00000147. The van der Waals surface area contributed by atoms with Gasteiger partial charge in [-0.2, -0.15) is 0 Å². The third kappa shape index (κ3) is 3.05. The highest BCUT2D eigenvalue weighted by molar-refractivity contribution is 5.95. The molecule has 0 saturated heterocycles. The monoisotopic (exact) mass is 291 g/mol. The molecule has 108 valence electrons. The Bertz CT molecular complexity index is 572. The molecule has 3 nitrogen and oxygen atoms in total. The molecule has 3 rings (SSSR count). The molecule has 1 aromatic heterocycles. The summed E-state index contributed by atoms with van der Waals surface area (Å²) in [6.07, 6.45) is 8.46. The predicted octanol–water partition coefficient (Wildman–Crippen LogP) is 3.65. The maximum absolute atomic E-state index is 5.97. The van der Waals surface area contributed by atoms with Gasteiger partial charge in [0, 0.05) is 40.9 Å². The summed E-state index contributed by atoms with van der Waals surface area (Å²) in [7, 11) is 0. The Hall–Kier alpha value is -1.32. The quantitative estimate of drug-likeness (QED) is 0.888. The van der Waals surface area contributed by atoms with E-state index in [9.17, 15) is 0 Å². The summed E-state index contributed by atoms with van der Waals surface area (Å²) in [6, 6.07) is 7.34. The van der Waals surface area contributed by atoms with E-state index in [0.717, 1.165) is 12.8 Å². The number of anilines is 1. The number of nitrogens with two attached hydrogens (primary N) is 1. The number of hydrogen-bond donors (Lipinski definition) is 2. The van der Waals surface area contributed by atoms with Crippen LogP contribution in [0.15, 0.2) is 30.6 Å². The van der Waals surface area contributed by atoms with E-state index in [0.29, 0.717) is 12.1 Å². The van der Waals surface area contributed by atoms with Crippen molar-refractivity contribution < 1.29 is 0 Å². The Morgan fingerprint density at radius 2 is 1.90 bits per heavy atom. The van der Waals surface area contributed by atoms with E-state index >= 15 is 0 Å². The van der Waals surface area contributed by atoms with Crippen LogP contribution in [0.4, 0.5) is 5.69 Å². The van der Waals surface area contributed by atoms with Crippen LogP contribution >= 0.6 is 12.4 Å². The maximum atomic E-state index is 5.97. The first-order chi connectivity index (χ1) is 9.24. The molecule has 1 aliphatic carbocycles. The van der Waals surface area contributed by atoms with Crippen molar-refractivity contribution in [3.05, 3.63) is 36.2 Å². The Morgan fingerprint density at radius 1 is 1.15 bits per heavy atom. The summed E-state index contributed by atoms with van der Waals surface area (Å²) in [4.78, 5) is 4.27. The lowest BCUT2D eigenvalue weighted by molar-refractivity contribution is 0.411. The van der Waals surface area contributed by atoms with Crippen LogP contribution in [0.25, 0.3) is 10.8 Å². The van der Waals surface area contributed by atoms with Crippen LogP contribution in [0, 0.1) is 6.92 Å². The molecule has 1 saturated carbocycles. The van der Waals surface area contributed by atoms with Crippen molar-refractivity contribution in [2.24, 2.45) is 5.73 Å². The minimum absolute atomic E-state index is 0. The lowest BCUT2D eigenvalue weighted by Gasteiger charge is -2.28. The largest absolute Gasteiger partial charge is 0.382 e. The zero-order valence-corrected chi connectivity index (χ0v) is 12.6. The number of fused-ring (bicyclic) bond motifs is 1. The van der Waals surface area contributed by atoms with Gasteiger partial charge in [-0.25, -0.2) is 0 Å². The molecule has 20 heavy (non-hydrogen) atoms. The number of hydrogen-bond acceptors (Lipinski definition) is 3. The molecular weight excluding hydrogens is 270 g/mol. The molecule has 0 aliphatic heterocycles. The molecule has 1 aromatic carbocycles. The highest BCUT2D eigenvalue weighted by Crippen LogP contribution is 2.28. The van der Waals surface area contributed by atoms with E-state index in [1.807, 2.05) is 12.4 Å². The van der Waals surface area contributed by atoms with Crippen molar-refractivity contribution in [2.75, 3.05) is 5.32 Å². The van der Waals surface area contributed by atoms with E-state index < -0.39 is 0 Å². The first-order valence-electron chi connectivity index (χ1n) is 7.09. The highest BCUT2D eigenvalue weighted by atomic mass is 35.5. The van der Waals surface area contributed by atoms with Crippen LogP contribution in [0.5, 0.6) is 0 Å². The van der Waals surface area contributed by atoms with Gasteiger partial charge >= 0.3 is 0 Å². The van der Waals surface area contributed by atoms with Gasteiger partial charge in [-0.3, -0.25) is 4.98 Å². The topological polar surface area (TPSA) is 50.9 Å². The summed E-state index contributed by atoms with van der Waals surface area (Å²) in [6.45, 7) is 2.12. The molecule has 4 heteroatoms. The van der Waals surface area contributed by atoms with Crippen molar-refractivity contribution in [1.82, 2.24) is 4.98 Å². The van der Waals surface area contributed by atoms with Crippen molar-refractivity contribution in [3.8, 4) is 0 Å². The second kappa shape index (κ2) is 6.42. The lowest BCUT2D eigenvalue weighted by atomic mass is 9.91. The standard InChI is InChI=1S/C16H21N3.ClH/c1-11-9-18-10-12-3-2-4-15(16(11)12)19-14-7-5-13(17)6-8-14;/h2-4,9-10,13-14,19H,5-8,17H2,1H3;1H/t13-,14-;. The number of benzene rings is 1. The smallest absolute Gasteiger partial charge is 0.0425 e. The van der Waals surface area contributed by atoms with E-state index in [2.05, 4.69) is 35.4 Å². The van der Waals surface area contributed by atoms with Gasteiger partial charge in [0.15, 0.2) is 0 Å². The number of nitrogens with zero attached hydrogens (tertiary/aromatic N) is 1. The van der Waals surface area contributed by atoms with E-state index in [1.54, 1.807) is 0 Å². The van der Waals surface area contributed by atoms with Crippen LogP contribution in [0.2, 0.25) is 0 Å². The van der Waals surface area contributed by atoms with Gasteiger partial charge in [-0.05, 0) is 44.2 Å². The molecule has 0 atom stereocenters. The summed E-state index contributed by atoms with van der Waals surface area (Å²) >= 11 is 0. The van der Waals surface area contributed by atoms with Crippen LogP contribution < -0.4 is 11.1 Å². The fourth-order valence-electron chi connectivity index (χ4n) is 3.02. The molecule has 1 fully saturated rings.